The van der Waals surface area contributed by atoms with E-state index in [1.165, 1.54) is 0 Å². The van der Waals surface area contributed by atoms with Crippen molar-refractivity contribution in [3.05, 3.63) is 94.5 Å². The first-order valence-corrected chi connectivity index (χ1v) is 8.90. The van der Waals surface area contributed by atoms with Gasteiger partial charge in [0.2, 0.25) is 0 Å². The minimum absolute atomic E-state index is 0.238. The largest absolute Gasteiger partial charge is 0.322 e. The fourth-order valence-corrected chi connectivity index (χ4v) is 2.66. The predicted molar refractivity (Wildman–Crippen MR) is 110 cm³/mol. The molecule has 0 aliphatic carbocycles. The third-order valence-corrected chi connectivity index (χ3v) is 4.29. The molecule has 0 saturated heterocycles. The molecule has 2 N–H and O–H groups in total. The molecule has 0 aliphatic rings. The normalized spacial score (nSPS) is 10.2. The van der Waals surface area contributed by atoms with Crippen molar-refractivity contribution in [1.29, 1.82) is 0 Å². The molecule has 0 heterocycles. The molecule has 0 saturated carbocycles. The molecule has 140 valence electrons. The van der Waals surface area contributed by atoms with E-state index in [1.54, 1.807) is 72.8 Å². The summed E-state index contributed by atoms with van der Waals surface area (Å²) in [6.07, 6.45) is 0. The Kier molecular flexibility index (Phi) is 5.87. The molecule has 0 radical (unpaired) electrons. The highest BCUT2D eigenvalue weighted by Gasteiger charge is 2.19. The average Bonchev–Trinajstić information content (AvgIpc) is 2.70. The lowest BCUT2D eigenvalue weighted by Crippen LogP contribution is -2.24. The Morgan fingerprint density at radius 1 is 0.786 bits per heavy atom. The van der Waals surface area contributed by atoms with Crippen molar-refractivity contribution >= 4 is 40.6 Å². The molecule has 0 fully saturated rings. The van der Waals surface area contributed by atoms with Crippen molar-refractivity contribution in [2.75, 3.05) is 10.6 Å². The number of benzene rings is 3. The maximum atomic E-state index is 12.6. The summed E-state index contributed by atoms with van der Waals surface area (Å²) in [5.74, 6) is -1.90. The SMILES string of the molecule is Cc1ccc(C(=O)C(=O)Nc2ccccc2C(=O)Nc2ccc(Cl)cc2)cc1. The fraction of sp³-hybridized carbons (Fsp3) is 0.0455. The van der Waals surface area contributed by atoms with Gasteiger partial charge in [-0.1, -0.05) is 53.6 Å². The molecule has 6 heteroatoms. The number of anilines is 2. The number of aryl methyl sites for hydroxylation is 1. The van der Waals surface area contributed by atoms with Crippen molar-refractivity contribution in [2.24, 2.45) is 0 Å². The Hall–Kier alpha value is -3.44. The summed E-state index contributed by atoms with van der Waals surface area (Å²) in [6.45, 7) is 1.89. The highest BCUT2D eigenvalue weighted by atomic mass is 35.5. The van der Waals surface area contributed by atoms with Crippen molar-refractivity contribution < 1.29 is 14.4 Å². The van der Waals surface area contributed by atoms with Gasteiger partial charge in [0, 0.05) is 16.3 Å². The van der Waals surface area contributed by atoms with E-state index in [9.17, 15) is 14.4 Å². The number of rotatable bonds is 5. The summed E-state index contributed by atoms with van der Waals surface area (Å²) in [5, 5.41) is 5.82. The second-order valence-corrected chi connectivity index (χ2v) is 6.59. The molecule has 0 atom stereocenters. The van der Waals surface area contributed by atoms with Crippen LogP contribution in [0.3, 0.4) is 0 Å². The van der Waals surface area contributed by atoms with Crippen LogP contribution in [0.15, 0.2) is 72.8 Å². The van der Waals surface area contributed by atoms with E-state index < -0.39 is 17.6 Å². The van der Waals surface area contributed by atoms with Crippen LogP contribution in [0.5, 0.6) is 0 Å². The van der Waals surface area contributed by atoms with Gasteiger partial charge in [0.05, 0.1) is 11.3 Å². The van der Waals surface area contributed by atoms with Gasteiger partial charge in [0.25, 0.3) is 17.6 Å². The summed E-state index contributed by atoms with van der Waals surface area (Å²) in [5.41, 5.74) is 2.32. The number of carbonyl (C=O) groups excluding carboxylic acids is 3. The van der Waals surface area contributed by atoms with Gasteiger partial charge in [-0.3, -0.25) is 14.4 Å². The second kappa shape index (κ2) is 8.50. The maximum Gasteiger partial charge on any atom is 0.296 e. The van der Waals surface area contributed by atoms with Crippen molar-refractivity contribution in [3.8, 4) is 0 Å². The summed E-state index contributed by atoms with van der Waals surface area (Å²) in [7, 11) is 0. The number of hydrogen-bond donors (Lipinski definition) is 2. The van der Waals surface area contributed by atoms with Crippen LogP contribution in [0.1, 0.15) is 26.3 Å². The third kappa shape index (κ3) is 4.64. The van der Waals surface area contributed by atoms with Gasteiger partial charge >= 0.3 is 0 Å². The predicted octanol–water partition coefficient (Wildman–Crippen LogP) is 4.72. The van der Waals surface area contributed by atoms with Crippen LogP contribution in [0.4, 0.5) is 11.4 Å². The van der Waals surface area contributed by atoms with Crippen molar-refractivity contribution in [1.82, 2.24) is 0 Å². The van der Waals surface area contributed by atoms with Gasteiger partial charge < -0.3 is 10.6 Å². The van der Waals surface area contributed by atoms with Gasteiger partial charge in [-0.2, -0.15) is 0 Å². The third-order valence-electron chi connectivity index (χ3n) is 4.04. The molecule has 3 rings (SSSR count). The van der Waals surface area contributed by atoms with Crippen LogP contribution in [0.25, 0.3) is 0 Å². The number of carbonyl (C=O) groups is 3. The summed E-state index contributed by atoms with van der Waals surface area (Å²) in [4.78, 5) is 37.3. The number of Topliss-reactive ketones (excluding diaryl/α,β-unsaturated/α-hetero) is 1. The number of para-hydroxylation sites is 1. The van der Waals surface area contributed by atoms with Crippen LogP contribution in [0, 0.1) is 6.92 Å². The van der Waals surface area contributed by atoms with E-state index in [0.29, 0.717) is 10.7 Å². The molecule has 0 aromatic heterocycles. The Bertz CT molecular complexity index is 1030. The van der Waals surface area contributed by atoms with Crippen LogP contribution in [-0.2, 0) is 4.79 Å². The zero-order valence-electron chi connectivity index (χ0n) is 15.0. The monoisotopic (exact) mass is 392 g/mol. The van der Waals surface area contributed by atoms with Crippen LogP contribution < -0.4 is 10.6 Å². The number of ketones is 1. The quantitative estimate of drug-likeness (QED) is 0.487. The van der Waals surface area contributed by atoms with Crippen molar-refractivity contribution in [3.63, 3.8) is 0 Å². The Morgan fingerprint density at radius 2 is 1.43 bits per heavy atom. The molecule has 28 heavy (non-hydrogen) atoms. The number of hydrogen-bond acceptors (Lipinski definition) is 3. The Balaban J connectivity index is 1.76. The zero-order valence-corrected chi connectivity index (χ0v) is 15.8. The molecule has 0 aliphatic heterocycles. The van der Waals surface area contributed by atoms with Crippen LogP contribution >= 0.6 is 11.6 Å². The first-order valence-electron chi connectivity index (χ1n) is 8.52. The Morgan fingerprint density at radius 3 is 2.11 bits per heavy atom. The lowest BCUT2D eigenvalue weighted by Gasteiger charge is -2.11. The molecule has 3 aromatic carbocycles. The van der Waals surface area contributed by atoms with E-state index in [2.05, 4.69) is 10.6 Å². The molecule has 0 unspecified atom stereocenters. The molecule has 5 nitrogen and oxygen atoms in total. The minimum Gasteiger partial charge on any atom is -0.322 e. The number of halogens is 1. The highest BCUT2D eigenvalue weighted by molar-refractivity contribution is 6.46. The maximum absolute atomic E-state index is 12.6. The summed E-state index contributed by atoms with van der Waals surface area (Å²) < 4.78 is 0. The second-order valence-electron chi connectivity index (χ2n) is 6.16. The van der Waals surface area contributed by atoms with Gasteiger partial charge in [-0.05, 0) is 43.3 Å². The first-order chi connectivity index (χ1) is 13.4. The molecule has 0 spiro atoms. The standard InChI is InChI=1S/C22H17ClN2O3/c1-14-6-8-15(9-7-14)20(26)22(28)25-19-5-3-2-4-18(19)21(27)24-17-12-10-16(23)11-13-17/h2-13H,1H3,(H,24,27)(H,25,28). The smallest absolute Gasteiger partial charge is 0.296 e. The lowest BCUT2D eigenvalue weighted by atomic mass is 10.1. The van der Waals surface area contributed by atoms with E-state index >= 15 is 0 Å². The van der Waals surface area contributed by atoms with Gasteiger partial charge in [0.1, 0.15) is 0 Å². The first kappa shape index (κ1) is 19.3. The highest BCUT2D eigenvalue weighted by Crippen LogP contribution is 2.19. The summed E-state index contributed by atoms with van der Waals surface area (Å²) >= 11 is 5.84. The van der Waals surface area contributed by atoms with Gasteiger partial charge in [-0.25, -0.2) is 0 Å². The van der Waals surface area contributed by atoms with Crippen LogP contribution in [0.2, 0.25) is 5.02 Å². The Labute approximate surface area is 167 Å². The lowest BCUT2D eigenvalue weighted by molar-refractivity contribution is -0.112. The van der Waals surface area contributed by atoms with Crippen LogP contribution in [-0.4, -0.2) is 17.6 Å². The number of nitrogens with one attached hydrogen (secondary N) is 2. The van der Waals surface area contributed by atoms with E-state index in [4.69, 9.17) is 11.6 Å². The fourth-order valence-electron chi connectivity index (χ4n) is 2.54. The van der Waals surface area contributed by atoms with Gasteiger partial charge in [0.15, 0.2) is 0 Å². The average molecular weight is 393 g/mol. The molecular weight excluding hydrogens is 376 g/mol. The topological polar surface area (TPSA) is 75.3 Å². The summed E-state index contributed by atoms with van der Waals surface area (Å²) in [6, 6.07) is 19.8. The zero-order chi connectivity index (χ0) is 20.1. The van der Waals surface area contributed by atoms with Crippen molar-refractivity contribution in [2.45, 2.75) is 6.92 Å². The van der Waals surface area contributed by atoms with Gasteiger partial charge in [-0.15, -0.1) is 0 Å². The van der Waals surface area contributed by atoms with E-state index in [1.807, 2.05) is 6.92 Å². The van der Waals surface area contributed by atoms with E-state index in [0.717, 1.165) is 5.56 Å². The van der Waals surface area contributed by atoms with E-state index in [-0.39, 0.29) is 16.8 Å². The molecule has 3 aromatic rings. The molecular formula is C22H17ClN2O3. The minimum atomic E-state index is -0.810. The molecule has 0 bridgehead atoms. The molecule has 2 amide bonds. The number of amides is 2.